The fraction of sp³-hybridized carbons (Fsp3) is 0.538. The molecule has 132 valence electrons. The van der Waals surface area contributed by atoms with Crippen molar-refractivity contribution in [3.8, 4) is 0 Å². The zero-order valence-corrected chi connectivity index (χ0v) is 15.3. The first-order chi connectivity index (χ1) is 10.3. The molecule has 1 unspecified atom stereocenters. The molecule has 23 heavy (non-hydrogen) atoms. The molecule has 0 bridgehead atoms. The zero-order chi connectivity index (χ0) is 16.4. The van der Waals surface area contributed by atoms with Crippen LogP contribution >= 0.6 is 12.4 Å². The van der Waals surface area contributed by atoms with Crippen molar-refractivity contribution in [2.45, 2.75) is 35.1 Å². The summed E-state index contributed by atoms with van der Waals surface area (Å²) in [5.41, 5.74) is 5.67. The lowest BCUT2D eigenvalue weighted by molar-refractivity contribution is 0.257. The SMILES string of the molecule is CNS(=O)(=O)c1ccc(S(=O)(=O)N2CCCCC2CN)cc1.Cl. The van der Waals surface area contributed by atoms with Gasteiger partial charge in [-0.05, 0) is 44.2 Å². The third-order valence-corrected chi connectivity index (χ3v) is 7.25. The zero-order valence-electron chi connectivity index (χ0n) is 12.8. The first-order valence-corrected chi connectivity index (χ1v) is 10.0. The summed E-state index contributed by atoms with van der Waals surface area (Å²) in [7, 11) is -5.93. The molecule has 1 aliphatic rings. The number of nitrogens with one attached hydrogen (secondary N) is 1. The number of benzene rings is 1. The Balaban J connectivity index is 0.00000264. The Morgan fingerprint density at radius 2 is 1.70 bits per heavy atom. The summed E-state index contributed by atoms with van der Waals surface area (Å²) < 4.78 is 52.4. The Bertz CT molecular complexity index is 720. The topological polar surface area (TPSA) is 110 Å². The van der Waals surface area contributed by atoms with E-state index in [1.165, 1.54) is 35.6 Å². The molecule has 1 aromatic rings. The van der Waals surface area contributed by atoms with Gasteiger partial charge in [0.1, 0.15) is 0 Å². The molecule has 0 spiro atoms. The van der Waals surface area contributed by atoms with E-state index in [4.69, 9.17) is 5.73 Å². The molecule has 1 aliphatic heterocycles. The van der Waals surface area contributed by atoms with E-state index in [1.54, 1.807) is 0 Å². The van der Waals surface area contributed by atoms with Crippen molar-refractivity contribution in [2.75, 3.05) is 20.1 Å². The van der Waals surface area contributed by atoms with E-state index in [-0.39, 0.29) is 34.8 Å². The van der Waals surface area contributed by atoms with Crippen LogP contribution in [0.3, 0.4) is 0 Å². The van der Waals surface area contributed by atoms with Crippen LogP contribution in [0.15, 0.2) is 34.1 Å². The molecular weight excluding hydrogens is 362 g/mol. The van der Waals surface area contributed by atoms with Crippen LogP contribution in [0.1, 0.15) is 19.3 Å². The van der Waals surface area contributed by atoms with Gasteiger partial charge in [-0.2, -0.15) is 4.31 Å². The average molecular weight is 384 g/mol. The highest BCUT2D eigenvalue weighted by molar-refractivity contribution is 7.89. The molecule has 1 atom stereocenters. The normalized spacial score (nSPS) is 20.0. The standard InChI is InChI=1S/C13H21N3O4S2.ClH/c1-15-21(17,18)12-5-7-13(8-6-12)22(19,20)16-9-3-2-4-11(16)10-14;/h5-8,11,15H,2-4,9-10,14H2,1H3;1H. The maximum atomic E-state index is 12.7. The predicted molar refractivity (Wildman–Crippen MR) is 90.5 cm³/mol. The highest BCUT2D eigenvalue weighted by atomic mass is 35.5. The van der Waals surface area contributed by atoms with Gasteiger partial charge in [0.25, 0.3) is 0 Å². The number of piperidine rings is 1. The smallest absolute Gasteiger partial charge is 0.243 e. The van der Waals surface area contributed by atoms with Gasteiger partial charge >= 0.3 is 0 Å². The molecule has 0 amide bonds. The van der Waals surface area contributed by atoms with E-state index in [0.717, 1.165) is 19.3 Å². The molecule has 0 saturated carbocycles. The van der Waals surface area contributed by atoms with E-state index in [9.17, 15) is 16.8 Å². The van der Waals surface area contributed by atoms with Crippen molar-refractivity contribution in [3.05, 3.63) is 24.3 Å². The van der Waals surface area contributed by atoms with Crippen molar-refractivity contribution in [3.63, 3.8) is 0 Å². The highest BCUT2D eigenvalue weighted by Gasteiger charge is 2.32. The number of halogens is 1. The minimum Gasteiger partial charge on any atom is -0.329 e. The average Bonchev–Trinajstić information content (AvgIpc) is 2.54. The van der Waals surface area contributed by atoms with Crippen molar-refractivity contribution < 1.29 is 16.8 Å². The van der Waals surface area contributed by atoms with E-state index in [0.29, 0.717) is 6.54 Å². The number of hydrogen-bond donors (Lipinski definition) is 2. The second-order valence-corrected chi connectivity index (χ2v) is 8.96. The lowest BCUT2D eigenvalue weighted by Gasteiger charge is -2.33. The maximum Gasteiger partial charge on any atom is 0.243 e. The van der Waals surface area contributed by atoms with E-state index < -0.39 is 20.0 Å². The van der Waals surface area contributed by atoms with Gasteiger partial charge in [0.15, 0.2) is 0 Å². The largest absolute Gasteiger partial charge is 0.329 e. The minimum absolute atomic E-state index is 0. The molecule has 1 heterocycles. The van der Waals surface area contributed by atoms with Crippen LogP contribution in [0.4, 0.5) is 0 Å². The molecule has 3 N–H and O–H groups in total. The van der Waals surface area contributed by atoms with Crippen molar-refractivity contribution in [1.82, 2.24) is 9.03 Å². The fourth-order valence-corrected chi connectivity index (χ4v) is 5.00. The summed E-state index contributed by atoms with van der Waals surface area (Å²) >= 11 is 0. The quantitative estimate of drug-likeness (QED) is 0.770. The second kappa shape index (κ2) is 7.91. The Morgan fingerprint density at radius 3 is 2.22 bits per heavy atom. The number of hydrogen-bond acceptors (Lipinski definition) is 5. The molecule has 1 aromatic carbocycles. The summed E-state index contributed by atoms with van der Waals surface area (Å²) in [6.45, 7) is 0.728. The van der Waals surface area contributed by atoms with Gasteiger partial charge in [-0.25, -0.2) is 21.6 Å². The molecule has 0 radical (unpaired) electrons. The summed E-state index contributed by atoms with van der Waals surface area (Å²) in [5, 5.41) is 0. The van der Waals surface area contributed by atoms with Gasteiger partial charge in [-0.15, -0.1) is 12.4 Å². The second-order valence-electron chi connectivity index (χ2n) is 5.18. The van der Waals surface area contributed by atoms with Gasteiger partial charge in [0.05, 0.1) is 9.79 Å². The molecule has 0 aromatic heterocycles. The van der Waals surface area contributed by atoms with Crippen LogP contribution in [0, 0.1) is 0 Å². The van der Waals surface area contributed by atoms with Gasteiger partial charge in [0, 0.05) is 19.1 Å². The van der Waals surface area contributed by atoms with Gasteiger partial charge in [-0.1, -0.05) is 6.42 Å². The molecule has 0 aliphatic carbocycles. The summed E-state index contributed by atoms with van der Waals surface area (Å²) in [6.07, 6.45) is 2.52. The van der Waals surface area contributed by atoms with Crippen LogP contribution in [-0.4, -0.2) is 47.3 Å². The highest BCUT2D eigenvalue weighted by Crippen LogP contribution is 2.25. The number of nitrogens with two attached hydrogens (primary N) is 1. The van der Waals surface area contributed by atoms with Crippen molar-refractivity contribution in [2.24, 2.45) is 5.73 Å². The number of rotatable bonds is 5. The fourth-order valence-electron chi connectivity index (χ4n) is 2.57. The van der Waals surface area contributed by atoms with Gasteiger partial charge in [-0.3, -0.25) is 0 Å². The summed E-state index contributed by atoms with van der Waals surface area (Å²) in [4.78, 5) is 0.117. The van der Waals surface area contributed by atoms with E-state index >= 15 is 0 Å². The third kappa shape index (κ3) is 4.23. The van der Waals surface area contributed by atoms with E-state index in [1.807, 2.05) is 0 Å². The molecule has 1 fully saturated rings. The molecule has 10 heteroatoms. The number of nitrogens with zero attached hydrogens (tertiary/aromatic N) is 1. The maximum absolute atomic E-state index is 12.7. The van der Waals surface area contributed by atoms with Crippen LogP contribution in [-0.2, 0) is 20.0 Å². The van der Waals surface area contributed by atoms with Gasteiger partial charge < -0.3 is 5.73 Å². The van der Waals surface area contributed by atoms with Crippen LogP contribution < -0.4 is 10.5 Å². The molecule has 7 nitrogen and oxygen atoms in total. The first-order valence-electron chi connectivity index (χ1n) is 7.08. The van der Waals surface area contributed by atoms with Crippen molar-refractivity contribution in [1.29, 1.82) is 0 Å². The monoisotopic (exact) mass is 383 g/mol. The third-order valence-electron chi connectivity index (χ3n) is 3.85. The van der Waals surface area contributed by atoms with Crippen molar-refractivity contribution >= 4 is 32.5 Å². The minimum atomic E-state index is -3.65. The van der Waals surface area contributed by atoms with Crippen LogP contribution in [0.5, 0.6) is 0 Å². The first kappa shape index (κ1) is 20.3. The summed E-state index contributed by atoms with van der Waals surface area (Å²) in [6, 6.07) is 5.03. The van der Waals surface area contributed by atoms with Crippen LogP contribution in [0.25, 0.3) is 0 Å². The Kier molecular flexibility index (Phi) is 6.99. The number of sulfonamides is 2. The lowest BCUT2D eigenvalue weighted by Crippen LogP contribution is -2.47. The Hall–Kier alpha value is -0.710. The molecule has 2 rings (SSSR count). The lowest BCUT2D eigenvalue weighted by atomic mass is 10.1. The Labute approximate surface area is 143 Å². The molecule has 1 saturated heterocycles. The van der Waals surface area contributed by atoms with Gasteiger partial charge in [0.2, 0.25) is 20.0 Å². The molecular formula is C13H22ClN3O4S2. The van der Waals surface area contributed by atoms with E-state index in [2.05, 4.69) is 4.72 Å². The Morgan fingerprint density at radius 1 is 1.13 bits per heavy atom. The predicted octanol–water partition coefficient (Wildman–Crippen LogP) is 0.518. The van der Waals surface area contributed by atoms with Crippen LogP contribution in [0.2, 0.25) is 0 Å². The summed E-state index contributed by atoms with van der Waals surface area (Å²) in [5.74, 6) is 0.